The van der Waals surface area contributed by atoms with E-state index in [1.165, 1.54) is 6.42 Å². The molecule has 12 heavy (non-hydrogen) atoms. The molecule has 1 saturated heterocycles. The summed E-state index contributed by atoms with van der Waals surface area (Å²) in [7, 11) is 0. The van der Waals surface area contributed by atoms with Gasteiger partial charge in [0.25, 0.3) is 0 Å². The minimum Gasteiger partial charge on any atom is -0.481 e. The zero-order valence-electron chi connectivity index (χ0n) is 6.77. The predicted octanol–water partition coefficient (Wildman–Crippen LogP) is 0.885. The lowest BCUT2D eigenvalue weighted by Crippen LogP contribution is -2.20. The van der Waals surface area contributed by atoms with E-state index in [1.807, 2.05) is 0 Å². The quantitative estimate of drug-likeness (QED) is 0.623. The Hall–Kier alpha value is -0.570. The van der Waals surface area contributed by atoms with Crippen LogP contribution in [0.5, 0.6) is 0 Å². The summed E-state index contributed by atoms with van der Waals surface area (Å²) in [5.41, 5.74) is 0. The van der Waals surface area contributed by atoms with Gasteiger partial charge >= 0.3 is 5.97 Å². The number of epoxide rings is 1. The van der Waals surface area contributed by atoms with Crippen LogP contribution in [0.15, 0.2) is 0 Å². The van der Waals surface area contributed by atoms with Gasteiger partial charge in [0.15, 0.2) is 0 Å². The fraction of sp³-hybridized carbons (Fsp3) is 0.889. The van der Waals surface area contributed by atoms with Crippen LogP contribution in [0, 0.1) is 17.8 Å². The van der Waals surface area contributed by atoms with Crippen LogP contribution in [-0.2, 0) is 9.53 Å². The number of hydrogen-bond acceptors (Lipinski definition) is 2. The minimum absolute atomic E-state index is 0.355. The minimum atomic E-state index is -0.648. The van der Waals surface area contributed by atoms with E-state index < -0.39 is 5.97 Å². The number of carbonyl (C=O) groups is 1. The first-order valence-corrected chi connectivity index (χ1v) is 4.63. The molecule has 3 nitrogen and oxygen atoms in total. The van der Waals surface area contributed by atoms with Gasteiger partial charge in [-0.1, -0.05) is 0 Å². The Morgan fingerprint density at radius 3 is 2.83 bits per heavy atom. The summed E-state index contributed by atoms with van der Waals surface area (Å²) in [5, 5.41) is 8.66. The molecular weight excluding hydrogens is 156 g/mol. The number of carboxylic acid groups (broad SMARTS) is 1. The van der Waals surface area contributed by atoms with Crippen molar-refractivity contribution in [2.45, 2.75) is 31.5 Å². The van der Waals surface area contributed by atoms with Crippen molar-refractivity contribution in [1.82, 2.24) is 0 Å². The highest BCUT2D eigenvalue weighted by molar-refractivity contribution is 5.67. The van der Waals surface area contributed by atoms with Crippen LogP contribution in [0.25, 0.3) is 0 Å². The zero-order valence-corrected chi connectivity index (χ0v) is 6.77. The molecule has 3 aliphatic rings. The van der Waals surface area contributed by atoms with Gasteiger partial charge in [-0.05, 0) is 30.6 Å². The smallest absolute Gasteiger partial charge is 0.303 e. The van der Waals surface area contributed by atoms with Crippen molar-refractivity contribution in [2.24, 2.45) is 17.8 Å². The predicted molar refractivity (Wildman–Crippen MR) is 40.6 cm³/mol. The van der Waals surface area contributed by atoms with E-state index in [2.05, 4.69) is 0 Å². The molecule has 1 N–H and O–H groups in total. The molecule has 5 unspecified atom stereocenters. The van der Waals surface area contributed by atoms with Crippen molar-refractivity contribution in [2.75, 3.05) is 0 Å². The number of carboxylic acids is 1. The lowest BCUT2D eigenvalue weighted by Gasteiger charge is -2.16. The van der Waals surface area contributed by atoms with E-state index in [0.717, 1.165) is 6.42 Å². The zero-order chi connectivity index (χ0) is 8.29. The Bertz CT molecular complexity index is 238. The molecule has 5 atom stereocenters. The Morgan fingerprint density at radius 2 is 2.25 bits per heavy atom. The van der Waals surface area contributed by atoms with Gasteiger partial charge in [0.2, 0.25) is 0 Å². The summed E-state index contributed by atoms with van der Waals surface area (Å²) >= 11 is 0. The molecule has 2 bridgehead atoms. The fourth-order valence-electron chi connectivity index (χ4n) is 3.19. The molecule has 2 saturated carbocycles. The standard InChI is InChI=1S/C9H12O3/c10-7(11)3-4-1-5-2-6(4)9-8(5)12-9/h4-6,8-9H,1-3H2,(H,10,11). The summed E-state index contributed by atoms with van der Waals surface area (Å²) in [6, 6.07) is 0. The maximum Gasteiger partial charge on any atom is 0.303 e. The first kappa shape index (κ1) is 6.89. The third kappa shape index (κ3) is 0.774. The van der Waals surface area contributed by atoms with E-state index >= 15 is 0 Å². The van der Waals surface area contributed by atoms with Crippen molar-refractivity contribution in [3.05, 3.63) is 0 Å². The van der Waals surface area contributed by atoms with Crippen LogP contribution >= 0.6 is 0 Å². The molecule has 0 amide bonds. The molecule has 1 heterocycles. The Balaban J connectivity index is 1.72. The second-order valence-corrected chi connectivity index (χ2v) is 4.32. The summed E-state index contributed by atoms with van der Waals surface area (Å²) in [6.07, 6.45) is 3.66. The highest BCUT2D eigenvalue weighted by Crippen LogP contribution is 2.59. The molecule has 1 aliphatic heterocycles. The second-order valence-electron chi connectivity index (χ2n) is 4.32. The van der Waals surface area contributed by atoms with E-state index in [0.29, 0.717) is 36.4 Å². The normalized spacial score (nSPS) is 53.8. The second kappa shape index (κ2) is 2.02. The first-order chi connectivity index (χ1) is 5.75. The van der Waals surface area contributed by atoms with E-state index in [9.17, 15) is 4.79 Å². The Labute approximate surface area is 70.7 Å². The Morgan fingerprint density at radius 1 is 1.42 bits per heavy atom. The Kier molecular flexibility index (Phi) is 1.16. The number of aliphatic carboxylic acids is 1. The molecule has 2 aliphatic carbocycles. The number of hydrogen-bond donors (Lipinski definition) is 1. The van der Waals surface area contributed by atoms with Crippen LogP contribution in [0.2, 0.25) is 0 Å². The molecule has 0 aromatic carbocycles. The summed E-state index contributed by atoms with van der Waals surface area (Å²) < 4.78 is 5.46. The van der Waals surface area contributed by atoms with Gasteiger partial charge in [0, 0.05) is 6.42 Å². The van der Waals surface area contributed by atoms with Crippen LogP contribution in [0.3, 0.4) is 0 Å². The topological polar surface area (TPSA) is 49.8 Å². The fourth-order valence-corrected chi connectivity index (χ4v) is 3.19. The van der Waals surface area contributed by atoms with Gasteiger partial charge in [0.1, 0.15) is 0 Å². The lowest BCUT2D eigenvalue weighted by molar-refractivity contribution is -0.138. The SMILES string of the molecule is O=C(O)CC1CC2CC1C1OC21. The lowest BCUT2D eigenvalue weighted by atomic mass is 9.86. The van der Waals surface area contributed by atoms with Crippen LogP contribution in [0.1, 0.15) is 19.3 Å². The number of fused-ring (bicyclic) bond motifs is 5. The highest BCUT2D eigenvalue weighted by atomic mass is 16.6. The van der Waals surface area contributed by atoms with Gasteiger partial charge in [-0.15, -0.1) is 0 Å². The summed E-state index contributed by atoms with van der Waals surface area (Å²) in [6.45, 7) is 0. The van der Waals surface area contributed by atoms with E-state index in [4.69, 9.17) is 9.84 Å². The van der Waals surface area contributed by atoms with Crippen LogP contribution in [-0.4, -0.2) is 23.3 Å². The molecular formula is C9H12O3. The first-order valence-electron chi connectivity index (χ1n) is 4.63. The molecule has 0 spiro atoms. The maximum absolute atomic E-state index is 10.5. The largest absolute Gasteiger partial charge is 0.481 e. The summed E-state index contributed by atoms with van der Waals surface area (Å²) in [4.78, 5) is 10.5. The molecule has 66 valence electrons. The van der Waals surface area contributed by atoms with Gasteiger partial charge in [-0.3, -0.25) is 4.79 Å². The van der Waals surface area contributed by atoms with Crippen molar-refractivity contribution in [3.8, 4) is 0 Å². The third-order valence-electron chi connectivity index (χ3n) is 3.67. The molecule has 0 aromatic heterocycles. The molecule has 0 aromatic rings. The van der Waals surface area contributed by atoms with E-state index in [1.54, 1.807) is 0 Å². The molecule has 0 radical (unpaired) electrons. The van der Waals surface area contributed by atoms with Crippen molar-refractivity contribution in [3.63, 3.8) is 0 Å². The van der Waals surface area contributed by atoms with Crippen molar-refractivity contribution in [1.29, 1.82) is 0 Å². The molecule has 3 rings (SSSR count). The van der Waals surface area contributed by atoms with Gasteiger partial charge in [-0.2, -0.15) is 0 Å². The average molecular weight is 168 g/mol. The highest BCUT2D eigenvalue weighted by Gasteiger charge is 2.63. The average Bonchev–Trinajstić information content (AvgIpc) is 2.61. The maximum atomic E-state index is 10.5. The number of rotatable bonds is 2. The van der Waals surface area contributed by atoms with Gasteiger partial charge < -0.3 is 9.84 Å². The summed E-state index contributed by atoms with van der Waals surface area (Å²) in [5.74, 6) is 1.04. The van der Waals surface area contributed by atoms with Crippen LogP contribution < -0.4 is 0 Å². The van der Waals surface area contributed by atoms with Crippen molar-refractivity contribution >= 4 is 5.97 Å². The third-order valence-corrected chi connectivity index (χ3v) is 3.67. The number of ether oxygens (including phenoxy) is 1. The van der Waals surface area contributed by atoms with Gasteiger partial charge in [-0.25, -0.2) is 0 Å². The van der Waals surface area contributed by atoms with E-state index in [-0.39, 0.29) is 0 Å². The monoisotopic (exact) mass is 168 g/mol. The van der Waals surface area contributed by atoms with Crippen molar-refractivity contribution < 1.29 is 14.6 Å². The van der Waals surface area contributed by atoms with Crippen LogP contribution in [0.4, 0.5) is 0 Å². The van der Waals surface area contributed by atoms with Gasteiger partial charge in [0.05, 0.1) is 12.2 Å². The molecule has 3 fully saturated rings. The molecule has 3 heteroatoms.